The first-order valence-electron chi connectivity index (χ1n) is 8.39. The molecular weight excluding hydrogens is 395 g/mol. The average Bonchev–Trinajstić information content (AvgIpc) is 3.21. The largest absolute Gasteiger partial charge is 0.256 e. The van der Waals surface area contributed by atoms with Crippen LogP contribution < -0.4 is 0 Å². The fourth-order valence-corrected chi connectivity index (χ4v) is 5.34. The van der Waals surface area contributed by atoms with Crippen LogP contribution in [0.3, 0.4) is 0 Å². The minimum atomic E-state index is -3.82. The van der Waals surface area contributed by atoms with Gasteiger partial charge in [0.2, 0.25) is 10.0 Å². The number of aryl methyl sites for hydroxylation is 2. The molecule has 0 saturated carbocycles. The molecule has 0 unspecified atom stereocenters. The number of piperidine rings is 1. The Morgan fingerprint density at radius 2 is 1.96 bits per heavy atom. The molecule has 4 heterocycles. The third-order valence-corrected chi connectivity index (χ3v) is 7.53. The smallest absolute Gasteiger partial charge is 0.247 e. The van der Waals surface area contributed by atoms with Crippen molar-refractivity contribution >= 4 is 27.3 Å². The first-order chi connectivity index (χ1) is 12.7. The van der Waals surface area contributed by atoms with Crippen LogP contribution in [0, 0.1) is 6.92 Å². The lowest BCUT2D eigenvalue weighted by Gasteiger charge is -2.36. The van der Waals surface area contributed by atoms with Crippen LogP contribution in [0.1, 0.15) is 24.0 Å². The fourth-order valence-electron chi connectivity index (χ4n) is 3.49. The first kappa shape index (κ1) is 18.3. The number of fused-ring (bicyclic) bond motifs is 1. The van der Waals surface area contributed by atoms with Crippen molar-refractivity contribution in [3.8, 4) is 0 Å². The molecule has 3 aromatic heterocycles. The molecule has 1 aliphatic rings. The van der Waals surface area contributed by atoms with Crippen LogP contribution in [-0.4, -0.2) is 50.2 Å². The number of hydrogen-bond acceptors (Lipinski definition) is 5. The summed E-state index contributed by atoms with van der Waals surface area (Å²) in [6, 6.07) is 1.78. The minimum absolute atomic E-state index is 0.0413. The van der Waals surface area contributed by atoms with E-state index in [1.807, 2.05) is 6.92 Å². The zero-order chi connectivity index (χ0) is 19.4. The van der Waals surface area contributed by atoms with Crippen molar-refractivity contribution in [3.63, 3.8) is 0 Å². The number of rotatable bonds is 3. The van der Waals surface area contributed by atoms with Gasteiger partial charge in [0.15, 0.2) is 5.65 Å². The molecule has 1 aliphatic heterocycles. The summed E-state index contributed by atoms with van der Waals surface area (Å²) in [5.41, 5.74) is 0.294. The molecule has 27 heavy (non-hydrogen) atoms. The molecule has 0 N–H and O–H groups in total. The third kappa shape index (κ3) is 2.91. The monoisotopic (exact) mass is 412 g/mol. The van der Waals surface area contributed by atoms with E-state index in [0.29, 0.717) is 11.2 Å². The van der Waals surface area contributed by atoms with Crippen molar-refractivity contribution in [3.05, 3.63) is 41.1 Å². The predicted octanol–water partition coefficient (Wildman–Crippen LogP) is 2.07. The van der Waals surface area contributed by atoms with E-state index >= 15 is 4.39 Å². The highest BCUT2D eigenvalue weighted by Crippen LogP contribution is 2.40. The Bertz CT molecular complexity index is 1120. The number of halogens is 2. The Kier molecular flexibility index (Phi) is 4.24. The van der Waals surface area contributed by atoms with Crippen LogP contribution in [0.25, 0.3) is 5.65 Å². The molecular formula is C16H18ClFN6O2S. The Morgan fingerprint density at radius 1 is 1.26 bits per heavy atom. The van der Waals surface area contributed by atoms with E-state index in [2.05, 4.69) is 15.2 Å². The van der Waals surface area contributed by atoms with Gasteiger partial charge in [0.1, 0.15) is 22.0 Å². The van der Waals surface area contributed by atoms with Crippen molar-refractivity contribution in [1.82, 2.24) is 28.7 Å². The Hall–Kier alpha value is -2.04. The number of sulfonamides is 1. The van der Waals surface area contributed by atoms with Crippen LogP contribution in [0.15, 0.2) is 29.7 Å². The molecule has 8 nitrogen and oxygen atoms in total. The second-order valence-electron chi connectivity index (χ2n) is 6.73. The van der Waals surface area contributed by atoms with E-state index in [1.54, 1.807) is 19.3 Å². The van der Waals surface area contributed by atoms with Crippen molar-refractivity contribution in [1.29, 1.82) is 0 Å². The SMILES string of the molecule is Cc1cc2ncnn2cc1C1(F)CCN(S(=O)(=O)c2cnn(C)c2Cl)CC1. The normalized spacial score (nSPS) is 18.2. The zero-order valence-electron chi connectivity index (χ0n) is 14.8. The molecule has 0 amide bonds. The van der Waals surface area contributed by atoms with E-state index in [0.717, 1.165) is 5.56 Å². The Morgan fingerprint density at radius 3 is 2.59 bits per heavy atom. The lowest BCUT2D eigenvalue weighted by atomic mass is 9.85. The molecule has 0 spiro atoms. The van der Waals surface area contributed by atoms with Gasteiger partial charge in [-0.05, 0) is 31.4 Å². The molecule has 0 bridgehead atoms. The summed E-state index contributed by atoms with van der Waals surface area (Å²) in [5, 5.41) is 7.98. The van der Waals surface area contributed by atoms with Crippen LogP contribution in [0.2, 0.25) is 5.15 Å². The number of nitrogens with zero attached hydrogens (tertiary/aromatic N) is 6. The second-order valence-corrected chi connectivity index (χ2v) is 8.99. The van der Waals surface area contributed by atoms with E-state index in [-0.39, 0.29) is 36.0 Å². The van der Waals surface area contributed by atoms with Gasteiger partial charge in [-0.3, -0.25) is 4.68 Å². The maximum atomic E-state index is 15.7. The maximum Gasteiger partial charge on any atom is 0.247 e. The molecule has 3 aromatic rings. The van der Waals surface area contributed by atoms with E-state index in [9.17, 15) is 8.42 Å². The van der Waals surface area contributed by atoms with Gasteiger partial charge in [0, 0.05) is 31.9 Å². The van der Waals surface area contributed by atoms with Crippen LogP contribution in [0.5, 0.6) is 0 Å². The second kappa shape index (κ2) is 6.25. The summed E-state index contributed by atoms with van der Waals surface area (Å²) >= 11 is 6.03. The van der Waals surface area contributed by atoms with Crippen molar-refractivity contribution in [2.24, 2.45) is 7.05 Å². The molecule has 0 radical (unpaired) electrons. The van der Waals surface area contributed by atoms with E-state index in [4.69, 9.17) is 11.6 Å². The van der Waals surface area contributed by atoms with Gasteiger partial charge in [0.05, 0.1) is 6.20 Å². The van der Waals surface area contributed by atoms with Crippen molar-refractivity contribution < 1.29 is 12.8 Å². The number of aromatic nitrogens is 5. The van der Waals surface area contributed by atoms with Gasteiger partial charge >= 0.3 is 0 Å². The number of pyridine rings is 1. The summed E-state index contributed by atoms with van der Waals surface area (Å²) in [6.07, 6.45) is 4.37. The van der Waals surface area contributed by atoms with E-state index < -0.39 is 15.7 Å². The third-order valence-electron chi connectivity index (χ3n) is 5.07. The van der Waals surface area contributed by atoms with Crippen LogP contribution in [-0.2, 0) is 22.7 Å². The molecule has 1 saturated heterocycles. The zero-order valence-corrected chi connectivity index (χ0v) is 16.4. The fraction of sp³-hybridized carbons (Fsp3) is 0.438. The summed E-state index contributed by atoms with van der Waals surface area (Å²) in [4.78, 5) is 4.04. The standard InChI is InChI=1S/C16H18ClFN6O2S/c1-11-7-14-19-10-21-24(14)9-12(11)16(18)3-5-23(6-4-16)27(25,26)13-8-20-22(2)15(13)17/h7-10H,3-6H2,1-2H3. The lowest BCUT2D eigenvalue weighted by molar-refractivity contribution is 0.0858. The highest BCUT2D eigenvalue weighted by atomic mass is 35.5. The summed E-state index contributed by atoms with van der Waals surface area (Å²) in [5.74, 6) is 0. The maximum absolute atomic E-state index is 15.7. The highest BCUT2D eigenvalue weighted by molar-refractivity contribution is 7.89. The average molecular weight is 413 g/mol. The van der Waals surface area contributed by atoms with Gasteiger partial charge < -0.3 is 0 Å². The Labute approximate surface area is 160 Å². The first-order valence-corrected chi connectivity index (χ1v) is 10.2. The van der Waals surface area contributed by atoms with Gasteiger partial charge in [-0.1, -0.05) is 11.6 Å². The molecule has 11 heteroatoms. The summed E-state index contributed by atoms with van der Waals surface area (Å²) < 4.78 is 45.4. The van der Waals surface area contributed by atoms with Crippen molar-refractivity contribution in [2.75, 3.05) is 13.1 Å². The summed E-state index contributed by atoms with van der Waals surface area (Å²) in [7, 11) is -2.25. The molecule has 0 atom stereocenters. The van der Waals surface area contributed by atoms with Crippen LogP contribution >= 0.6 is 11.6 Å². The molecule has 144 valence electrons. The van der Waals surface area contributed by atoms with Gasteiger partial charge in [-0.2, -0.15) is 14.5 Å². The van der Waals surface area contributed by atoms with Gasteiger partial charge in [-0.25, -0.2) is 22.3 Å². The predicted molar refractivity (Wildman–Crippen MR) is 96.7 cm³/mol. The molecule has 4 rings (SSSR count). The Balaban J connectivity index is 1.60. The topological polar surface area (TPSA) is 85.4 Å². The van der Waals surface area contributed by atoms with Gasteiger partial charge in [-0.15, -0.1) is 0 Å². The number of alkyl halides is 1. The minimum Gasteiger partial charge on any atom is -0.256 e. The van der Waals surface area contributed by atoms with Crippen molar-refractivity contribution in [2.45, 2.75) is 30.3 Å². The molecule has 0 aliphatic carbocycles. The lowest BCUT2D eigenvalue weighted by Crippen LogP contribution is -2.43. The quantitative estimate of drug-likeness (QED) is 0.657. The van der Waals surface area contributed by atoms with Crippen LogP contribution in [0.4, 0.5) is 4.39 Å². The summed E-state index contributed by atoms with van der Waals surface area (Å²) in [6.45, 7) is 1.93. The van der Waals surface area contributed by atoms with E-state index in [1.165, 1.54) is 26.0 Å². The molecule has 0 aromatic carbocycles. The highest BCUT2D eigenvalue weighted by Gasteiger charge is 2.42. The number of hydrogen-bond donors (Lipinski definition) is 0. The molecule has 1 fully saturated rings. The van der Waals surface area contributed by atoms with Gasteiger partial charge in [0.25, 0.3) is 0 Å².